The van der Waals surface area contributed by atoms with Crippen LogP contribution in [0, 0.1) is 6.92 Å². The summed E-state index contributed by atoms with van der Waals surface area (Å²) in [6.45, 7) is 4.21. The van der Waals surface area contributed by atoms with Gasteiger partial charge in [-0.25, -0.2) is 4.57 Å². The van der Waals surface area contributed by atoms with Crippen molar-refractivity contribution in [3.05, 3.63) is 47.9 Å². The van der Waals surface area contributed by atoms with Crippen LogP contribution < -0.4 is 9.88 Å². The molecule has 4 nitrogen and oxygen atoms in total. The maximum absolute atomic E-state index is 4.74. The smallest absolute Gasteiger partial charge is 0.237 e. The Kier molecular flexibility index (Phi) is 3.37. The summed E-state index contributed by atoms with van der Waals surface area (Å²) in [5.41, 5.74) is 2.56. The number of nitrogens with zero attached hydrogens (tertiary/aromatic N) is 3. The molecule has 4 heteroatoms. The Morgan fingerprint density at radius 2 is 2.05 bits per heavy atom. The first-order chi connectivity index (χ1) is 10.2. The van der Waals surface area contributed by atoms with Crippen molar-refractivity contribution in [2.24, 2.45) is 7.05 Å². The molecule has 0 aliphatic rings. The number of rotatable bonds is 3. The predicted molar refractivity (Wildman–Crippen MR) is 85.9 cm³/mol. The molecule has 108 valence electrons. The summed E-state index contributed by atoms with van der Waals surface area (Å²) in [6.07, 6.45) is 3.22. The highest BCUT2D eigenvalue weighted by atomic mass is 15.2. The quantitative estimate of drug-likeness (QED) is 0.749. The minimum absolute atomic E-state index is 0.950. The highest BCUT2D eigenvalue weighted by Gasteiger charge is 2.15. The molecule has 0 unspecified atom stereocenters. The summed E-state index contributed by atoms with van der Waals surface area (Å²) in [4.78, 5) is 4.74. The number of nitrogens with one attached hydrogen (secondary N) is 1. The van der Waals surface area contributed by atoms with Crippen LogP contribution in [0.15, 0.2) is 36.5 Å². The molecule has 21 heavy (non-hydrogen) atoms. The largest absolute Gasteiger partial charge is 0.308 e. The van der Waals surface area contributed by atoms with Gasteiger partial charge in [-0.1, -0.05) is 30.1 Å². The molecule has 3 aromatic rings. The molecule has 0 saturated carbocycles. The summed E-state index contributed by atoms with van der Waals surface area (Å²) in [6, 6.07) is 10.6. The molecule has 0 atom stereocenters. The number of hydrogen-bond acceptors (Lipinski definition) is 2. The van der Waals surface area contributed by atoms with Gasteiger partial charge in [0.15, 0.2) is 0 Å². The number of anilines is 1. The summed E-state index contributed by atoms with van der Waals surface area (Å²) in [5.74, 6) is 2.98. The Balaban J connectivity index is 2.28. The van der Waals surface area contributed by atoms with Gasteiger partial charge in [0.1, 0.15) is 0 Å². The molecule has 2 heterocycles. The first kappa shape index (κ1) is 13.6. The fourth-order valence-corrected chi connectivity index (χ4v) is 2.75. The Bertz CT molecular complexity index is 802. The van der Waals surface area contributed by atoms with Gasteiger partial charge in [-0.2, -0.15) is 0 Å². The molecule has 0 fully saturated rings. The summed E-state index contributed by atoms with van der Waals surface area (Å²) in [5, 5.41) is 4.53. The first-order valence-corrected chi connectivity index (χ1v) is 7.30. The number of hydrogen-bond donors (Lipinski definition) is 1. The van der Waals surface area contributed by atoms with E-state index < -0.39 is 0 Å². The molecular weight excluding hydrogens is 260 g/mol. The van der Waals surface area contributed by atoms with Crippen molar-refractivity contribution in [2.75, 3.05) is 12.4 Å². The van der Waals surface area contributed by atoms with Crippen LogP contribution in [0.2, 0.25) is 0 Å². The van der Waals surface area contributed by atoms with Crippen LogP contribution in [0.5, 0.6) is 0 Å². The zero-order valence-electron chi connectivity index (χ0n) is 13.0. The topological polar surface area (TPSA) is 33.7 Å². The number of benzene rings is 1. The Morgan fingerprint density at radius 3 is 2.76 bits per heavy atom. The molecule has 0 aliphatic carbocycles. The van der Waals surface area contributed by atoms with Crippen LogP contribution in [0.1, 0.15) is 18.3 Å². The van der Waals surface area contributed by atoms with Crippen molar-refractivity contribution >= 4 is 16.7 Å². The Labute approximate surface area is 125 Å². The molecule has 0 bridgehead atoms. The molecule has 1 aromatic carbocycles. The number of para-hydroxylation sites is 1. The van der Waals surface area contributed by atoms with Crippen molar-refractivity contribution in [1.82, 2.24) is 9.55 Å². The third kappa shape index (κ3) is 2.17. The Hall–Kier alpha value is -2.36. The van der Waals surface area contributed by atoms with E-state index in [-0.39, 0.29) is 0 Å². The van der Waals surface area contributed by atoms with Gasteiger partial charge in [0.25, 0.3) is 0 Å². The van der Waals surface area contributed by atoms with E-state index in [1.54, 1.807) is 0 Å². The molecule has 0 aliphatic heterocycles. The van der Waals surface area contributed by atoms with E-state index in [9.17, 15) is 0 Å². The zero-order valence-corrected chi connectivity index (χ0v) is 13.0. The molecule has 0 spiro atoms. The van der Waals surface area contributed by atoms with Crippen molar-refractivity contribution in [1.29, 1.82) is 0 Å². The molecule has 0 amide bonds. The second-order valence-electron chi connectivity index (χ2n) is 5.25. The number of aromatic nitrogens is 3. The fraction of sp³-hybridized carbons (Fsp3) is 0.294. The van der Waals surface area contributed by atoms with E-state index in [1.807, 2.05) is 21.0 Å². The molecule has 3 rings (SSSR count). The summed E-state index contributed by atoms with van der Waals surface area (Å²) < 4.78 is 4.23. The van der Waals surface area contributed by atoms with Gasteiger partial charge < -0.3 is 5.32 Å². The van der Waals surface area contributed by atoms with E-state index >= 15 is 0 Å². The maximum Gasteiger partial charge on any atom is 0.237 e. The SMILES string of the molecule is CCc1cn(-c2cc(NC)[n+](C)c(C)n2)c2ccccc12. The first-order valence-electron chi connectivity index (χ1n) is 7.30. The third-order valence-corrected chi connectivity index (χ3v) is 4.07. The molecule has 1 N–H and O–H groups in total. The minimum Gasteiger partial charge on any atom is -0.308 e. The van der Waals surface area contributed by atoms with Gasteiger partial charge in [-0.3, -0.25) is 4.57 Å². The van der Waals surface area contributed by atoms with E-state index in [4.69, 9.17) is 4.98 Å². The van der Waals surface area contributed by atoms with E-state index in [1.165, 1.54) is 16.5 Å². The van der Waals surface area contributed by atoms with Crippen molar-refractivity contribution in [3.8, 4) is 5.82 Å². The number of aryl methyl sites for hydroxylation is 2. The van der Waals surface area contributed by atoms with E-state index in [2.05, 4.69) is 57.9 Å². The van der Waals surface area contributed by atoms with Crippen LogP contribution >= 0.6 is 0 Å². The Morgan fingerprint density at radius 1 is 1.29 bits per heavy atom. The van der Waals surface area contributed by atoms with Crippen molar-refractivity contribution in [3.63, 3.8) is 0 Å². The fourth-order valence-electron chi connectivity index (χ4n) is 2.75. The molecular formula is C17H21N4+. The van der Waals surface area contributed by atoms with Gasteiger partial charge in [0.05, 0.1) is 18.6 Å². The maximum atomic E-state index is 4.74. The normalized spacial score (nSPS) is 11.0. The van der Waals surface area contributed by atoms with Crippen LogP contribution in [0.4, 0.5) is 5.82 Å². The van der Waals surface area contributed by atoms with Gasteiger partial charge in [-0.05, 0) is 18.1 Å². The van der Waals surface area contributed by atoms with Crippen LogP contribution in [0.3, 0.4) is 0 Å². The molecule has 0 radical (unpaired) electrons. The lowest BCUT2D eigenvalue weighted by atomic mass is 10.1. The van der Waals surface area contributed by atoms with Crippen LogP contribution in [-0.4, -0.2) is 16.6 Å². The highest BCUT2D eigenvalue weighted by Crippen LogP contribution is 2.25. The third-order valence-electron chi connectivity index (χ3n) is 4.07. The zero-order chi connectivity index (χ0) is 15.0. The van der Waals surface area contributed by atoms with Crippen LogP contribution in [0.25, 0.3) is 16.7 Å². The highest BCUT2D eigenvalue weighted by molar-refractivity contribution is 5.85. The van der Waals surface area contributed by atoms with Gasteiger partial charge in [0.2, 0.25) is 17.5 Å². The summed E-state index contributed by atoms with van der Waals surface area (Å²) >= 11 is 0. The lowest BCUT2D eigenvalue weighted by Gasteiger charge is -2.07. The van der Waals surface area contributed by atoms with Gasteiger partial charge in [-0.15, -0.1) is 0 Å². The molecule has 2 aromatic heterocycles. The average molecular weight is 281 g/mol. The monoisotopic (exact) mass is 281 g/mol. The predicted octanol–water partition coefficient (Wildman–Crippen LogP) is 2.76. The second kappa shape index (κ2) is 5.20. The lowest BCUT2D eigenvalue weighted by Crippen LogP contribution is -2.36. The van der Waals surface area contributed by atoms with Gasteiger partial charge in [0, 0.05) is 25.6 Å². The van der Waals surface area contributed by atoms with Crippen molar-refractivity contribution in [2.45, 2.75) is 20.3 Å². The van der Waals surface area contributed by atoms with Gasteiger partial charge >= 0.3 is 0 Å². The average Bonchev–Trinajstić information content (AvgIpc) is 2.89. The minimum atomic E-state index is 0.950. The van der Waals surface area contributed by atoms with E-state index in [0.29, 0.717) is 0 Å². The molecule has 0 saturated heterocycles. The number of fused-ring (bicyclic) bond motifs is 1. The second-order valence-corrected chi connectivity index (χ2v) is 5.25. The van der Waals surface area contributed by atoms with E-state index in [0.717, 1.165) is 23.9 Å². The summed E-state index contributed by atoms with van der Waals surface area (Å²) in [7, 11) is 3.95. The van der Waals surface area contributed by atoms with Crippen LogP contribution in [-0.2, 0) is 13.5 Å². The standard InChI is InChI=1S/C17H20N4/c1-5-13-11-21(15-9-7-6-8-14(13)15)17-10-16(18-3)20(4)12(2)19-17/h6-11H,5H2,1-4H3/p+1. The van der Waals surface area contributed by atoms with Crippen molar-refractivity contribution < 1.29 is 4.57 Å². The lowest BCUT2D eigenvalue weighted by molar-refractivity contribution is -0.666.